The Morgan fingerprint density at radius 2 is 2.36 bits per heavy atom. The molecule has 3 N–H and O–H groups in total. The number of fused-ring (bicyclic) bond motifs is 1. The lowest BCUT2D eigenvalue weighted by Crippen LogP contribution is -2.13. The fraction of sp³-hybridized carbons (Fsp3) is 0. The van der Waals surface area contributed by atoms with Crippen molar-refractivity contribution in [1.29, 1.82) is 0 Å². The molecule has 0 atom stereocenters. The zero-order valence-corrected chi connectivity index (χ0v) is 7.43. The van der Waals surface area contributed by atoms with Crippen LogP contribution in [0.4, 0.5) is 5.82 Å². The van der Waals surface area contributed by atoms with Gasteiger partial charge in [-0.1, -0.05) is 0 Å². The second-order valence-corrected chi connectivity index (χ2v) is 2.91. The second-order valence-electron chi connectivity index (χ2n) is 2.91. The molecule has 2 aromatic rings. The number of carboxylic acid groups (broad SMARTS) is 1. The molecule has 0 fully saturated rings. The monoisotopic (exact) mass is 190 g/mol. The van der Waals surface area contributed by atoms with Gasteiger partial charge in [-0.3, -0.25) is 0 Å². The van der Waals surface area contributed by atoms with Crippen molar-refractivity contribution in [3.63, 3.8) is 0 Å². The molecule has 2 aromatic heterocycles. The summed E-state index contributed by atoms with van der Waals surface area (Å²) in [6.07, 6.45) is 1.29. The summed E-state index contributed by atoms with van der Waals surface area (Å²) in [7, 11) is 1.76. The van der Waals surface area contributed by atoms with Gasteiger partial charge < -0.3 is 10.8 Å². The van der Waals surface area contributed by atoms with Crippen LogP contribution in [0.25, 0.3) is 5.52 Å². The van der Waals surface area contributed by atoms with Crippen molar-refractivity contribution in [3.8, 4) is 0 Å². The number of nitrogens with two attached hydrogens (primary N) is 1. The molecule has 0 aliphatic carbocycles. The number of carboxylic acids is 1. The summed E-state index contributed by atoms with van der Waals surface area (Å²) in [6.45, 7) is 0. The maximum atomic E-state index is 10.9. The average Bonchev–Trinajstić information content (AvgIpc) is 2.46. The fourth-order valence-electron chi connectivity index (χ4n) is 1.39. The molecular weight excluding hydrogens is 183 g/mol. The lowest BCUT2D eigenvalue weighted by Gasteiger charge is -1.98. The standard InChI is InChI=1S/C7H7BN4O2/c8-4-1-3(7(13)14)5-6(9)10-2-11-12(4)5/h1-2H,8H2,(H,13,14)(H2,9,10,11). The molecule has 0 radical (unpaired) electrons. The van der Waals surface area contributed by atoms with Gasteiger partial charge in [0.05, 0.1) is 5.56 Å². The quantitative estimate of drug-likeness (QED) is 0.521. The topological polar surface area (TPSA) is 93.5 Å². The maximum absolute atomic E-state index is 10.9. The minimum absolute atomic E-state index is 0.126. The average molecular weight is 190 g/mol. The Hall–Kier alpha value is -2.05. The van der Waals surface area contributed by atoms with Crippen molar-refractivity contribution in [2.24, 2.45) is 0 Å². The van der Waals surface area contributed by atoms with E-state index in [1.165, 1.54) is 16.9 Å². The van der Waals surface area contributed by atoms with Gasteiger partial charge in [0.15, 0.2) is 13.7 Å². The highest BCUT2D eigenvalue weighted by Gasteiger charge is 2.15. The first kappa shape index (κ1) is 8.55. The minimum Gasteiger partial charge on any atom is -0.478 e. The largest absolute Gasteiger partial charge is 0.478 e. The van der Waals surface area contributed by atoms with Crippen LogP contribution in [0.3, 0.4) is 0 Å². The third kappa shape index (κ3) is 1.02. The van der Waals surface area contributed by atoms with Crippen molar-refractivity contribution in [3.05, 3.63) is 18.0 Å². The molecule has 2 heterocycles. The highest BCUT2D eigenvalue weighted by Crippen LogP contribution is 2.14. The lowest BCUT2D eigenvalue weighted by molar-refractivity contribution is 0.0699. The number of aromatic carboxylic acids is 1. The molecule has 0 aliphatic rings. The van der Waals surface area contributed by atoms with Crippen molar-refractivity contribution >= 4 is 30.7 Å². The van der Waals surface area contributed by atoms with Gasteiger partial charge in [0, 0.05) is 0 Å². The Bertz CT molecular complexity index is 522. The van der Waals surface area contributed by atoms with Crippen LogP contribution in [0.15, 0.2) is 12.4 Å². The fourth-order valence-corrected chi connectivity index (χ4v) is 1.39. The number of carbonyl (C=O) groups is 1. The van der Waals surface area contributed by atoms with E-state index in [0.717, 1.165) is 0 Å². The lowest BCUT2D eigenvalue weighted by atomic mass is 10.1. The minimum atomic E-state index is -1.03. The molecule has 70 valence electrons. The zero-order valence-electron chi connectivity index (χ0n) is 7.43. The van der Waals surface area contributed by atoms with Gasteiger partial charge in [0.1, 0.15) is 11.8 Å². The van der Waals surface area contributed by atoms with Crippen LogP contribution in [0, 0.1) is 0 Å². The molecule has 0 aromatic carbocycles. The number of nitrogen functional groups attached to an aromatic ring is 1. The summed E-state index contributed by atoms with van der Waals surface area (Å²) in [6, 6.07) is 1.52. The summed E-state index contributed by atoms with van der Waals surface area (Å²) >= 11 is 0. The Balaban J connectivity index is 2.93. The number of hydrogen-bond donors (Lipinski definition) is 2. The van der Waals surface area contributed by atoms with Gasteiger partial charge in [-0.2, -0.15) is 5.10 Å². The van der Waals surface area contributed by atoms with Crippen molar-refractivity contribution < 1.29 is 9.90 Å². The number of anilines is 1. The van der Waals surface area contributed by atoms with Gasteiger partial charge in [-0.15, -0.1) is 0 Å². The first-order valence-electron chi connectivity index (χ1n) is 3.93. The normalized spacial score (nSPS) is 10.6. The third-order valence-corrected chi connectivity index (χ3v) is 1.99. The molecule has 6 nitrogen and oxygen atoms in total. The first-order chi connectivity index (χ1) is 6.61. The van der Waals surface area contributed by atoms with Gasteiger partial charge in [-0.05, 0) is 11.7 Å². The van der Waals surface area contributed by atoms with Crippen LogP contribution in [0.1, 0.15) is 10.4 Å². The van der Waals surface area contributed by atoms with E-state index in [9.17, 15) is 4.79 Å². The van der Waals surface area contributed by atoms with Gasteiger partial charge in [0.25, 0.3) is 0 Å². The van der Waals surface area contributed by atoms with Crippen LogP contribution in [0.5, 0.6) is 0 Å². The molecule has 2 rings (SSSR count). The molecule has 0 aliphatic heterocycles. The van der Waals surface area contributed by atoms with E-state index >= 15 is 0 Å². The predicted molar refractivity (Wildman–Crippen MR) is 52.5 cm³/mol. The van der Waals surface area contributed by atoms with E-state index in [2.05, 4.69) is 10.1 Å². The third-order valence-electron chi connectivity index (χ3n) is 1.99. The highest BCUT2D eigenvalue weighted by molar-refractivity contribution is 6.32. The van der Waals surface area contributed by atoms with Crippen molar-refractivity contribution in [2.75, 3.05) is 5.73 Å². The molecular formula is C7H7BN4O2. The smallest absolute Gasteiger partial charge is 0.338 e. The number of nitrogens with zero attached hydrogens (tertiary/aromatic N) is 3. The molecule has 0 saturated carbocycles. The summed E-state index contributed by atoms with van der Waals surface area (Å²) in [4.78, 5) is 14.6. The first-order valence-corrected chi connectivity index (χ1v) is 3.93. The maximum Gasteiger partial charge on any atom is 0.338 e. The van der Waals surface area contributed by atoms with E-state index in [0.29, 0.717) is 11.1 Å². The summed E-state index contributed by atoms with van der Waals surface area (Å²) in [5.41, 5.74) is 6.76. The Morgan fingerprint density at radius 3 is 3.00 bits per heavy atom. The SMILES string of the molecule is Bc1cc(C(=O)O)c2c(N)ncnn12. The summed E-state index contributed by atoms with van der Waals surface area (Å²) in [5, 5.41) is 12.8. The Kier molecular flexibility index (Phi) is 1.66. The molecule has 0 amide bonds. The van der Waals surface area contributed by atoms with Crippen LogP contribution < -0.4 is 11.3 Å². The van der Waals surface area contributed by atoms with E-state index in [1.807, 2.05) is 0 Å². The van der Waals surface area contributed by atoms with E-state index < -0.39 is 5.97 Å². The molecule has 14 heavy (non-hydrogen) atoms. The molecule has 0 spiro atoms. The van der Waals surface area contributed by atoms with Crippen LogP contribution >= 0.6 is 0 Å². The summed E-state index contributed by atoms with van der Waals surface area (Å²) < 4.78 is 1.46. The van der Waals surface area contributed by atoms with Crippen LogP contribution in [-0.2, 0) is 0 Å². The highest BCUT2D eigenvalue weighted by atomic mass is 16.4. The van der Waals surface area contributed by atoms with Crippen LogP contribution in [-0.4, -0.2) is 33.5 Å². The number of hydrogen-bond acceptors (Lipinski definition) is 4. The molecule has 0 bridgehead atoms. The van der Waals surface area contributed by atoms with Crippen molar-refractivity contribution in [1.82, 2.24) is 14.6 Å². The molecule has 0 saturated heterocycles. The number of aromatic nitrogens is 3. The molecule has 7 heteroatoms. The van der Waals surface area contributed by atoms with Crippen LogP contribution in [0.2, 0.25) is 0 Å². The van der Waals surface area contributed by atoms with E-state index in [-0.39, 0.29) is 11.4 Å². The molecule has 0 unspecified atom stereocenters. The number of rotatable bonds is 1. The predicted octanol–water partition coefficient (Wildman–Crippen LogP) is -1.73. The zero-order chi connectivity index (χ0) is 10.3. The van der Waals surface area contributed by atoms with E-state index in [4.69, 9.17) is 10.8 Å². The van der Waals surface area contributed by atoms with Gasteiger partial charge >= 0.3 is 5.97 Å². The van der Waals surface area contributed by atoms with Gasteiger partial charge in [-0.25, -0.2) is 14.3 Å². The van der Waals surface area contributed by atoms with E-state index in [1.54, 1.807) is 7.85 Å². The Morgan fingerprint density at radius 1 is 1.64 bits per heavy atom. The van der Waals surface area contributed by atoms with Crippen molar-refractivity contribution in [2.45, 2.75) is 0 Å². The second kappa shape index (κ2) is 2.73. The Labute approximate surface area is 79.8 Å². The summed E-state index contributed by atoms with van der Waals surface area (Å²) in [5.74, 6) is -0.859. The van der Waals surface area contributed by atoms with Gasteiger partial charge in [0.2, 0.25) is 0 Å².